The van der Waals surface area contributed by atoms with Gasteiger partial charge in [-0.2, -0.15) is 5.10 Å². The van der Waals surface area contributed by atoms with Crippen LogP contribution in [0.5, 0.6) is 5.75 Å². The van der Waals surface area contributed by atoms with Crippen LogP contribution in [0, 0.1) is 0 Å². The maximum absolute atomic E-state index is 13.3. The number of carbonyl (C=O) groups is 2. The lowest BCUT2D eigenvalue weighted by molar-refractivity contribution is 0.0697. The quantitative estimate of drug-likeness (QED) is 0.309. The first-order valence-corrected chi connectivity index (χ1v) is 10.6. The van der Waals surface area contributed by atoms with Gasteiger partial charge in [-0.25, -0.2) is 4.79 Å². The summed E-state index contributed by atoms with van der Waals surface area (Å²) in [6.07, 6.45) is 1.28. The molecule has 0 bridgehead atoms. The molecule has 0 aliphatic rings. The number of rotatable bonds is 5. The number of nitrogens with zero attached hydrogens (tertiary/aromatic N) is 1. The normalized spacial score (nSPS) is 11.0. The minimum Gasteiger partial charge on any atom is -0.508 e. The number of carbonyl (C=O) groups excluding carboxylic acids is 1. The number of hydrogen-bond acceptors (Lipinski definition) is 5. The van der Waals surface area contributed by atoms with E-state index in [1.165, 1.54) is 17.5 Å². The third-order valence-corrected chi connectivity index (χ3v) is 6.40. The number of phenols is 1. The smallest absolute Gasteiger partial charge is 0.339 e. The zero-order chi connectivity index (χ0) is 22.2. The molecule has 0 aliphatic heterocycles. The van der Waals surface area contributed by atoms with Crippen LogP contribution >= 0.6 is 11.3 Å². The largest absolute Gasteiger partial charge is 0.508 e. The van der Waals surface area contributed by atoms with Crippen LogP contribution < -0.4 is 0 Å². The Morgan fingerprint density at radius 3 is 2.34 bits per heavy atom. The van der Waals surface area contributed by atoms with Gasteiger partial charge in [-0.1, -0.05) is 54.6 Å². The highest BCUT2D eigenvalue weighted by molar-refractivity contribution is 7.21. The van der Waals surface area contributed by atoms with Crippen LogP contribution in [0.15, 0.2) is 79.0 Å². The molecule has 0 saturated carbocycles. The number of aromatic carboxylic acids is 1. The first-order valence-electron chi connectivity index (χ1n) is 9.75. The molecular weight excluding hydrogens is 424 g/mol. The second-order valence-corrected chi connectivity index (χ2v) is 8.28. The lowest BCUT2D eigenvalue weighted by Gasteiger charge is -2.07. The van der Waals surface area contributed by atoms with Gasteiger partial charge in [0.1, 0.15) is 11.3 Å². The standard InChI is InChI=1S/C25H16N2O4S/c28-17-10-11-18-20(12-17)32-24(23(29)16-4-2-1-3-5-16)21(18)14-6-8-15(9-7-14)22-19(25(30)31)13-26-27-22/h1-13,28H,(H,26,27)(H,30,31). The molecule has 0 saturated heterocycles. The third kappa shape index (κ3) is 3.34. The molecule has 0 amide bonds. The molecule has 2 aromatic heterocycles. The van der Waals surface area contributed by atoms with E-state index in [1.54, 1.807) is 36.4 Å². The van der Waals surface area contributed by atoms with Crippen molar-refractivity contribution in [2.75, 3.05) is 0 Å². The van der Waals surface area contributed by atoms with Crippen molar-refractivity contribution in [1.82, 2.24) is 10.2 Å². The molecule has 32 heavy (non-hydrogen) atoms. The Kier molecular flexibility index (Phi) is 4.80. The van der Waals surface area contributed by atoms with Gasteiger partial charge < -0.3 is 10.2 Å². The number of nitrogens with one attached hydrogen (secondary N) is 1. The van der Waals surface area contributed by atoms with Gasteiger partial charge in [-0.3, -0.25) is 9.89 Å². The van der Waals surface area contributed by atoms with E-state index >= 15 is 0 Å². The van der Waals surface area contributed by atoms with Gasteiger partial charge >= 0.3 is 5.97 Å². The predicted molar refractivity (Wildman–Crippen MR) is 123 cm³/mol. The van der Waals surface area contributed by atoms with Crippen LogP contribution in [0.2, 0.25) is 0 Å². The molecule has 0 radical (unpaired) electrons. The Balaban J connectivity index is 1.65. The first-order chi connectivity index (χ1) is 15.5. The van der Waals surface area contributed by atoms with Crippen molar-refractivity contribution in [3.05, 3.63) is 95.0 Å². The minimum atomic E-state index is -1.06. The highest BCUT2D eigenvalue weighted by Gasteiger charge is 2.22. The van der Waals surface area contributed by atoms with Gasteiger partial charge in [0.2, 0.25) is 5.78 Å². The fraction of sp³-hybridized carbons (Fsp3) is 0. The summed E-state index contributed by atoms with van der Waals surface area (Å²) in [6.45, 7) is 0. The van der Waals surface area contributed by atoms with Crippen LogP contribution in [0.4, 0.5) is 0 Å². The summed E-state index contributed by atoms with van der Waals surface area (Å²) >= 11 is 1.34. The van der Waals surface area contributed by atoms with E-state index in [0.29, 0.717) is 21.7 Å². The summed E-state index contributed by atoms with van der Waals surface area (Å²) in [4.78, 5) is 25.3. The summed E-state index contributed by atoms with van der Waals surface area (Å²) in [6, 6.07) is 21.5. The van der Waals surface area contributed by atoms with Crippen LogP contribution in [-0.4, -0.2) is 32.2 Å². The number of carboxylic acids is 1. The molecule has 0 atom stereocenters. The minimum absolute atomic E-state index is 0.0907. The Morgan fingerprint density at radius 2 is 1.62 bits per heavy atom. The Hall–Kier alpha value is -4.23. The predicted octanol–water partition coefficient (Wildman–Crippen LogP) is 5.59. The van der Waals surface area contributed by atoms with Crippen molar-refractivity contribution in [3.63, 3.8) is 0 Å². The lowest BCUT2D eigenvalue weighted by atomic mass is 9.96. The van der Waals surface area contributed by atoms with Crippen molar-refractivity contribution in [2.45, 2.75) is 0 Å². The summed E-state index contributed by atoms with van der Waals surface area (Å²) in [7, 11) is 0. The van der Waals surface area contributed by atoms with Crippen molar-refractivity contribution in [1.29, 1.82) is 0 Å². The van der Waals surface area contributed by atoms with Crippen molar-refractivity contribution in [3.8, 4) is 28.1 Å². The number of aromatic nitrogens is 2. The topological polar surface area (TPSA) is 103 Å². The van der Waals surface area contributed by atoms with E-state index < -0.39 is 5.97 Å². The Labute approximate surface area is 186 Å². The summed E-state index contributed by atoms with van der Waals surface area (Å²) < 4.78 is 0.810. The zero-order valence-corrected chi connectivity index (χ0v) is 17.4. The molecule has 3 N–H and O–H groups in total. The SMILES string of the molecule is O=C(O)c1cn[nH]c1-c1ccc(-c2c(C(=O)c3ccccc3)sc3cc(O)ccc23)cc1. The number of carboxylic acid groups (broad SMARTS) is 1. The number of H-pyrrole nitrogens is 1. The highest BCUT2D eigenvalue weighted by atomic mass is 32.1. The zero-order valence-electron chi connectivity index (χ0n) is 16.6. The molecule has 7 heteroatoms. The first kappa shape index (κ1) is 19.7. The number of phenolic OH excluding ortho intramolecular Hbond substituents is 1. The van der Waals surface area contributed by atoms with Crippen molar-refractivity contribution < 1.29 is 19.8 Å². The monoisotopic (exact) mass is 440 g/mol. The highest BCUT2D eigenvalue weighted by Crippen LogP contribution is 2.41. The van der Waals surface area contributed by atoms with Crippen LogP contribution in [0.3, 0.4) is 0 Å². The van der Waals surface area contributed by atoms with E-state index in [4.69, 9.17) is 0 Å². The van der Waals surface area contributed by atoms with Crippen LogP contribution in [0.25, 0.3) is 32.5 Å². The van der Waals surface area contributed by atoms with E-state index in [1.807, 2.05) is 36.4 Å². The van der Waals surface area contributed by atoms with Gasteiger partial charge in [0, 0.05) is 26.8 Å². The molecule has 6 nitrogen and oxygen atoms in total. The molecule has 2 heterocycles. The van der Waals surface area contributed by atoms with E-state index in [-0.39, 0.29) is 17.1 Å². The molecule has 5 rings (SSSR count). The summed E-state index contributed by atoms with van der Waals surface area (Å²) in [5.74, 6) is -1.01. The molecule has 156 valence electrons. The van der Waals surface area contributed by atoms with Gasteiger partial charge in [0.25, 0.3) is 0 Å². The van der Waals surface area contributed by atoms with Crippen LogP contribution in [-0.2, 0) is 0 Å². The number of aromatic amines is 1. The molecule has 0 fully saturated rings. The van der Waals surface area contributed by atoms with Gasteiger partial charge in [0.05, 0.1) is 16.8 Å². The van der Waals surface area contributed by atoms with Gasteiger partial charge in [-0.05, 0) is 23.8 Å². The maximum Gasteiger partial charge on any atom is 0.339 e. The van der Waals surface area contributed by atoms with Crippen LogP contribution in [0.1, 0.15) is 25.6 Å². The Bertz CT molecular complexity index is 1470. The van der Waals surface area contributed by atoms with E-state index in [9.17, 15) is 19.8 Å². The number of thiophene rings is 1. The number of ketones is 1. The summed E-state index contributed by atoms with van der Waals surface area (Å²) in [5, 5.41) is 26.7. The fourth-order valence-corrected chi connectivity index (χ4v) is 4.94. The second kappa shape index (κ2) is 7.79. The maximum atomic E-state index is 13.3. The van der Waals surface area contributed by atoms with Gasteiger partial charge in [0.15, 0.2) is 0 Å². The lowest BCUT2D eigenvalue weighted by Crippen LogP contribution is -2.00. The van der Waals surface area contributed by atoms with Crippen molar-refractivity contribution >= 4 is 33.2 Å². The van der Waals surface area contributed by atoms with E-state index in [2.05, 4.69) is 10.2 Å². The number of benzene rings is 3. The molecule has 0 spiro atoms. The number of fused-ring (bicyclic) bond motifs is 1. The third-order valence-electron chi connectivity index (χ3n) is 5.25. The average Bonchev–Trinajstić information content (AvgIpc) is 3.44. The second-order valence-electron chi connectivity index (χ2n) is 7.22. The fourth-order valence-electron chi connectivity index (χ4n) is 3.72. The number of hydrogen-bond donors (Lipinski definition) is 3. The molecule has 3 aromatic carbocycles. The Morgan fingerprint density at radius 1 is 0.906 bits per heavy atom. The molecule has 0 unspecified atom stereocenters. The average molecular weight is 440 g/mol. The van der Waals surface area contributed by atoms with Crippen molar-refractivity contribution in [2.24, 2.45) is 0 Å². The van der Waals surface area contributed by atoms with E-state index in [0.717, 1.165) is 21.2 Å². The number of aromatic hydroxyl groups is 1. The molecule has 5 aromatic rings. The molecule has 0 aliphatic carbocycles. The summed E-state index contributed by atoms with van der Waals surface area (Å²) in [5.41, 5.74) is 3.38. The van der Waals surface area contributed by atoms with Gasteiger partial charge in [-0.15, -0.1) is 11.3 Å². The molecular formula is C25H16N2O4S.